The van der Waals surface area contributed by atoms with E-state index in [4.69, 9.17) is 5.73 Å². The van der Waals surface area contributed by atoms with Crippen molar-refractivity contribution < 1.29 is 9.59 Å². The van der Waals surface area contributed by atoms with Crippen molar-refractivity contribution in [2.75, 3.05) is 39.5 Å². The first-order valence-electron chi connectivity index (χ1n) is 6.40. The Bertz CT molecular complexity index is 474. The van der Waals surface area contributed by atoms with Crippen LogP contribution in [0.4, 0.5) is 5.69 Å². The van der Waals surface area contributed by atoms with Crippen LogP contribution < -0.4 is 11.1 Å². The van der Waals surface area contributed by atoms with Gasteiger partial charge in [0.15, 0.2) is 0 Å². The SMILES string of the molecule is CN(CC(=O)Nc1cccc(CN)c1)CC(=O)N(C)C. The van der Waals surface area contributed by atoms with Crippen LogP contribution in [0.15, 0.2) is 24.3 Å². The second-order valence-electron chi connectivity index (χ2n) is 4.91. The van der Waals surface area contributed by atoms with E-state index in [9.17, 15) is 9.59 Å². The van der Waals surface area contributed by atoms with Gasteiger partial charge in [0.2, 0.25) is 11.8 Å². The number of carbonyl (C=O) groups excluding carboxylic acids is 2. The Morgan fingerprint density at radius 3 is 2.50 bits per heavy atom. The van der Waals surface area contributed by atoms with Gasteiger partial charge in [-0.2, -0.15) is 0 Å². The maximum atomic E-state index is 11.9. The van der Waals surface area contributed by atoms with Gasteiger partial charge in [-0.05, 0) is 24.7 Å². The highest BCUT2D eigenvalue weighted by atomic mass is 16.2. The summed E-state index contributed by atoms with van der Waals surface area (Å²) in [5, 5.41) is 2.79. The van der Waals surface area contributed by atoms with Crippen LogP contribution in [0.1, 0.15) is 5.56 Å². The van der Waals surface area contributed by atoms with E-state index in [-0.39, 0.29) is 24.9 Å². The fraction of sp³-hybridized carbons (Fsp3) is 0.429. The minimum absolute atomic E-state index is 0.0366. The molecule has 3 N–H and O–H groups in total. The molecule has 0 radical (unpaired) electrons. The van der Waals surface area contributed by atoms with E-state index in [1.807, 2.05) is 24.3 Å². The molecule has 0 aliphatic carbocycles. The van der Waals surface area contributed by atoms with E-state index >= 15 is 0 Å². The highest BCUT2D eigenvalue weighted by molar-refractivity contribution is 5.92. The normalized spacial score (nSPS) is 10.4. The number of nitrogens with two attached hydrogens (primary N) is 1. The average Bonchev–Trinajstić information content (AvgIpc) is 2.38. The molecular formula is C14H22N4O2. The van der Waals surface area contributed by atoms with E-state index in [1.54, 1.807) is 26.0 Å². The zero-order valence-corrected chi connectivity index (χ0v) is 12.2. The van der Waals surface area contributed by atoms with Crippen molar-refractivity contribution in [3.8, 4) is 0 Å². The highest BCUT2D eigenvalue weighted by Gasteiger charge is 2.12. The summed E-state index contributed by atoms with van der Waals surface area (Å²) in [5.74, 6) is -0.196. The van der Waals surface area contributed by atoms with Crippen LogP contribution in [0.5, 0.6) is 0 Å². The zero-order chi connectivity index (χ0) is 15.1. The van der Waals surface area contributed by atoms with Gasteiger partial charge in [-0.25, -0.2) is 0 Å². The molecule has 6 heteroatoms. The van der Waals surface area contributed by atoms with E-state index in [2.05, 4.69) is 5.32 Å². The Labute approximate surface area is 119 Å². The van der Waals surface area contributed by atoms with E-state index < -0.39 is 0 Å². The molecule has 0 spiro atoms. The van der Waals surface area contributed by atoms with Gasteiger partial charge in [0.05, 0.1) is 13.1 Å². The number of hydrogen-bond acceptors (Lipinski definition) is 4. The first kappa shape index (κ1) is 16.1. The van der Waals surface area contributed by atoms with Crippen molar-refractivity contribution in [1.82, 2.24) is 9.80 Å². The summed E-state index contributed by atoms with van der Waals surface area (Å²) in [7, 11) is 5.11. The molecule has 1 aromatic carbocycles. The predicted molar refractivity (Wildman–Crippen MR) is 79.2 cm³/mol. The molecule has 2 amide bonds. The molecule has 0 atom stereocenters. The summed E-state index contributed by atoms with van der Waals surface area (Å²) in [6.45, 7) is 0.802. The standard InChI is InChI=1S/C14H22N4O2/c1-17(2)14(20)10-18(3)9-13(19)16-12-6-4-5-11(7-12)8-15/h4-7H,8-10,15H2,1-3H3,(H,16,19). The highest BCUT2D eigenvalue weighted by Crippen LogP contribution is 2.09. The molecule has 0 fully saturated rings. The Hall–Kier alpha value is -1.92. The maximum absolute atomic E-state index is 11.9. The number of hydrogen-bond donors (Lipinski definition) is 2. The Morgan fingerprint density at radius 2 is 1.90 bits per heavy atom. The summed E-state index contributed by atoms with van der Waals surface area (Å²) >= 11 is 0. The molecule has 0 aromatic heterocycles. The van der Waals surface area contributed by atoms with Crippen LogP contribution in [0.25, 0.3) is 0 Å². The molecular weight excluding hydrogens is 256 g/mol. The van der Waals surface area contributed by atoms with Crippen LogP contribution in [0.2, 0.25) is 0 Å². The van der Waals surface area contributed by atoms with E-state index in [0.29, 0.717) is 12.2 Å². The topological polar surface area (TPSA) is 78.7 Å². The molecule has 0 unspecified atom stereocenters. The number of rotatable bonds is 6. The summed E-state index contributed by atoms with van der Waals surface area (Å²) in [6, 6.07) is 7.39. The molecule has 110 valence electrons. The Kier molecular flexibility index (Phi) is 6.14. The molecule has 0 saturated heterocycles. The lowest BCUT2D eigenvalue weighted by molar-refractivity contribution is -0.130. The Balaban J connectivity index is 2.48. The van der Waals surface area contributed by atoms with Crippen molar-refractivity contribution in [3.05, 3.63) is 29.8 Å². The second-order valence-corrected chi connectivity index (χ2v) is 4.91. The fourth-order valence-corrected chi connectivity index (χ4v) is 1.65. The van der Waals surface area contributed by atoms with E-state index in [1.165, 1.54) is 4.90 Å². The quantitative estimate of drug-likeness (QED) is 0.774. The van der Waals surface area contributed by atoms with Gasteiger partial charge in [0.1, 0.15) is 0 Å². The molecule has 0 saturated carbocycles. The van der Waals surface area contributed by atoms with Gasteiger partial charge in [0.25, 0.3) is 0 Å². The third kappa shape index (κ3) is 5.38. The minimum atomic E-state index is -0.159. The number of carbonyl (C=O) groups is 2. The lowest BCUT2D eigenvalue weighted by Gasteiger charge is -2.18. The van der Waals surface area contributed by atoms with Crippen molar-refractivity contribution in [1.29, 1.82) is 0 Å². The average molecular weight is 278 g/mol. The van der Waals surface area contributed by atoms with Crippen LogP contribution in [0.3, 0.4) is 0 Å². The predicted octanol–water partition coefficient (Wildman–Crippen LogP) is 0.104. The molecule has 20 heavy (non-hydrogen) atoms. The first-order valence-corrected chi connectivity index (χ1v) is 6.40. The van der Waals surface area contributed by atoms with Gasteiger partial charge >= 0.3 is 0 Å². The summed E-state index contributed by atoms with van der Waals surface area (Å²) in [5.41, 5.74) is 7.22. The molecule has 0 aliphatic rings. The molecule has 0 bridgehead atoms. The summed E-state index contributed by atoms with van der Waals surface area (Å²) < 4.78 is 0. The molecule has 0 aliphatic heterocycles. The number of likely N-dealkylation sites (N-methyl/N-ethyl adjacent to an activating group) is 2. The third-order valence-corrected chi connectivity index (χ3v) is 2.76. The molecule has 1 rings (SSSR count). The van der Waals surface area contributed by atoms with Gasteiger partial charge in [0, 0.05) is 26.3 Å². The van der Waals surface area contributed by atoms with E-state index in [0.717, 1.165) is 5.56 Å². The maximum Gasteiger partial charge on any atom is 0.238 e. The lowest BCUT2D eigenvalue weighted by atomic mass is 10.2. The first-order chi connectivity index (χ1) is 9.42. The van der Waals surface area contributed by atoms with Crippen LogP contribution >= 0.6 is 0 Å². The fourth-order valence-electron chi connectivity index (χ4n) is 1.65. The van der Waals surface area contributed by atoms with Crippen LogP contribution in [-0.4, -0.2) is 55.8 Å². The van der Waals surface area contributed by atoms with Crippen molar-refractivity contribution >= 4 is 17.5 Å². The molecule has 0 heterocycles. The number of nitrogens with zero attached hydrogens (tertiary/aromatic N) is 2. The lowest BCUT2D eigenvalue weighted by Crippen LogP contribution is -2.38. The number of benzene rings is 1. The number of nitrogens with one attached hydrogen (secondary N) is 1. The summed E-state index contributed by atoms with van der Waals surface area (Å²) in [6.07, 6.45) is 0. The summed E-state index contributed by atoms with van der Waals surface area (Å²) in [4.78, 5) is 26.6. The zero-order valence-electron chi connectivity index (χ0n) is 12.2. The van der Waals surface area contributed by atoms with Gasteiger partial charge in [-0.1, -0.05) is 12.1 Å². The minimum Gasteiger partial charge on any atom is -0.348 e. The van der Waals surface area contributed by atoms with Crippen molar-refractivity contribution in [3.63, 3.8) is 0 Å². The van der Waals surface area contributed by atoms with Crippen LogP contribution in [-0.2, 0) is 16.1 Å². The smallest absolute Gasteiger partial charge is 0.238 e. The van der Waals surface area contributed by atoms with Gasteiger partial charge in [-0.3, -0.25) is 14.5 Å². The molecule has 1 aromatic rings. The monoisotopic (exact) mass is 278 g/mol. The van der Waals surface area contributed by atoms with Gasteiger partial charge < -0.3 is 16.0 Å². The Morgan fingerprint density at radius 1 is 1.20 bits per heavy atom. The largest absolute Gasteiger partial charge is 0.348 e. The third-order valence-electron chi connectivity index (χ3n) is 2.76. The number of anilines is 1. The van der Waals surface area contributed by atoms with Gasteiger partial charge in [-0.15, -0.1) is 0 Å². The second kappa shape index (κ2) is 7.62. The van der Waals surface area contributed by atoms with Crippen molar-refractivity contribution in [2.24, 2.45) is 5.73 Å². The molecule has 6 nitrogen and oxygen atoms in total. The number of amides is 2. The van der Waals surface area contributed by atoms with Crippen LogP contribution in [0, 0.1) is 0 Å². The van der Waals surface area contributed by atoms with Crippen molar-refractivity contribution in [2.45, 2.75) is 6.54 Å².